The van der Waals surface area contributed by atoms with Crippen LogP contribution in [0, 0.1) is 11.6 Å². The van der Waals surface area contributed by atoms with Gasteiger partial charge < -0.3 is 4.74 Å². The lowest BCUT2D eigenvalue weighted by molar-refractivity contribution is 0.284. The van der Waals surface area contributed by atoms with E-state index in [4.69, 9.17) is 4.74 Å². The molecule has 0 spiro atoms. The van der Waals surface area contributed by atoms with E-state index in [2.05, 4.69) is 15.2 Å². The van der Waals surface area contributed by atoms with Crippen LogP contribution in [0.3, 0.4) is 0 Å². The van der Waals surface area contributed by atoms with Gasteiger partial charge in [0.15, 0.2) is 0 Å². The number of benzene rings is 1. The van der Waals surface area contributed by atoms with Gasteiger partial charge in [-0.1, -0.05) is 6.07 Å². The Hall–Kier alpha value is -2.89. The maximum absolute atomic E-state index is 13.5. The van der Waals surface area contributed by atoms with Crippen molar-refractivity contribution < 1.29 is 13.5 Å². The average molecular weight is 299 g/mol. The highest BCUT2D eigenvalue weighted by Crippen LogP contribution is 2.16. The first-order valence-electron chi connectivity index (χ1n) is 6.54. The predicted molar refractivity (Wildman–Crippen MR) is 76.0 cm³/mol. The fourth-order valence-corrected chi connectivity index (χ4v) is 1.84. The Balaban J connectivity index is 1.69. The lowest BCUT2D eigenvalue weighted by Gasteiger charge is -2.06. The number of hydrogen-bond acceptors (Lipinski definition) is 4. The Morgan fingerprint density at radius 3 is 2.50 bits per heavy atom. The normalized spacial score (nSPS) is 10.5. The SMILES string of the molecule is Fc1ccc(COc2ccc(-c3ccccn3)nn2)c(F)c1. The van der Waals surface area contributed by atoms with Gasteiger partial charge in [0.2, 0.25) is 5.88 Å². The van der Waals surface area contributed by atoms with Crippen molar-refractivity contribution >= 4 is 0 Å². The predicted octanol–water partition coefficient (Wildman–Crippen LogP) is 3.40. The molecule has 1 aromatic carbocycles. The summed E-state index contributed by atoms with van der Waals surface area (Å²) in [5.41, 5.74) is 1.56. The number of pyridine rings is 1. The molecule has 0 unspecified atom stereocenters. The molecule has 3 rings (SSSR count). The van der Waals surface area contributed by atoms with E-state index >= 15 is 0 Å². The minimum atomic E-state index is -0.655. The molecule has 0 atom stereocenters. The molecule has 0 amide bonds. The maximum atomic E-state index is 13.5. The summed E-state index contributed by atoms with van der Waals surface area (Å²) in [6.07, 6.45) is 1.67. The monoisotopic (exact) mass is 299 g/mol. The lowest BCUT2D eigenvalue weighted by atomic mass is 10.2. The van der Waals surface area contributed by atoms with Gasteiger partial charge in [0.05, 0.1) is 5.69 Å². The first-order chi connectivity index (χ1) is 10.7. The Morgan fingerprint density at radius 2 is 1.82 bits per heavy atom. The van der Waals surface area contributed by atoms with Crippen LogP contribution in [0.15, 0.2) is 54.7 Å². The highest BCUT2D eigenvalue weighted by atomic mass is 19.1. The van der Waals surface area contributed by atoms with E-state index in [9.17, 15) is 8.78 Å². The fourth-order valence-electron chi connectivity index (χ4n) is 1.84. The second-order valence-corrected chi connectivity index (χ2v) is 4.50. The zero-order chi connectivity index (χ0) is 15.4. The number of aromatic nitrogens is 3. The molecule has 2 aromatic heterocycles. The summed E-state index contributed by atoms with van der Waals surface area (Å²) >= 11 is 0. The molecule has 0 aliphatic rings. The average Bonchev–Trinajstić information content (AvgIpc) is 2.55. The minimum absolute atomic E-state index is 0.0519. The third-order valence-electron chi connectivity index (χ3n) is 2.96. The van der Waals surface area contributed by atoms with E-state index in [0.29, 0.717) is 11.4 Å². The van der Waals surface area contributed by atoms with E-state index in [1.165, 1.54) is 12.1 Å². The quantitative estimate of drug-likeness (QED) is 0.741. The highest BCUT2D eigenvalue weighted by Gasteiger charge is 2.06. The summed E-state index contributed by atoms with van der Waals surface area (Å²) in [5, 5.41) is 7.92. The molecule has 0 aliphatic heterocycles. The number of hydrogen-bond donors (Lipinski definition) is 0. The summed E-state index contributed by atoms with van der Waals surface area (Å²) in [7, 11) is 0. The topological polar surface area (TPSA) is 47.9 Å². The van der Waals surface area contributed by atoms with Crippen molar-refractivity contribution in [1.29, 1.82) is 0 Å². The molecule has 3 aromatic rings. The van der Waals surface area contributed by atoms with Crippen molar-refractivity contribution in [2.75, 3.05) is 0 Å². The Morgan fingerprint density at radius 1 is 0.909 bits per heavy atom. The van der Waals surface area contributed by atoms with Gasteiger partial charge in [-0.3, -0.25) is 4.98 Å². The van der Waals surface area contributed by atoms with Crippen LogP contribution in [0.1, 0.15) is 5.56 Å². The van der Waals surface area contributed by atoms with E-state index in [0.717, 1.165) is 6.07 Å². The molecule has 110 valence electrons. The van der Waals surface area contributed by atoms with Crippen molar-refractivity contribution in [2.24, 2.45) is 0 Å². The fraction of sp³-hybridized carbons (Fsp3) is 0.0625. The summed E-state index contributed by atoms with van der Waals surface area (Å²) in [5.74, 6) is -1.03. The van der Waals surface area contributed by atoms with Crippen LogP contribution in [0.5, 0.6) is 5.88 Å². The number of rotatable bonds is 4. The molecule has 0 radical (unpaired) electrons. The molecule has 0 saturated heterocycles. The van der Waals surface area contributed by atoms with Gasteiger partial charge in [0, 0.05) is 23.9 Å². The number of halogens is 2. The van der Waals surface area contributed by atoms with Gasteiger partial charge in [-0.25, -0.2) is 8.78 Å². The van der Waals surface area contributed by atoms with Crippen LogP contribution in [0.2, 0.25) is 0 Å². The highest BCUT2D eigenvalue weighted by molar-refractivity contribution is 5.52. The molecule has 6 heteroatoms. The zero-order valence-electron chi connectivity index (χ0n) is 11.4. The third kappa shape index (κ3) is 3.22. The first-order valence-corrected chi connectivity index (χ1v) is 6.54. The van der Waals surface area contributed by atoms with E-state index in [-0.39, 0.29) is 18.1 Å². The lowest BCUT2D eigenvalue weighted by Crippen LogP contribution is -2.01. The van der Waals surface area contributed by atoms with Crippen LogP contribution < -0.4 is 4.74 Å². The van der Waals surface area contributed by atoms with Crippen LogP contribution in [0.25, 0.3) is 11.4 Å². The van der Waals surface area contributed by atoms with Crippen molar-refractivity contribution in [1.82, 2.24) is 15.2 Å². The van der Waals surface area contributed by atoms with Crippen molar-refractivity contribution in [3.05, 3.63) is 71.9 Å². The van der Waals surface area contributed by atoms with Gasteiger partial charge in [0.25, 0.3) is 0 Å². The van der Waals surface area contributed by atoms with Gasteiger partial charge >= 0.3 is 0 Å². The molecule has 0 bridgehead atoms. The third-order valence-corrected chi connectivity index (χ3v) is 2.96. The molecular weight excluding hydrogens is 288 g/mol. The maximum Gasteiger partial charge on any atom is 0.233 e. The van der Waals surface area contributed by atoms with E-state index in [1.807, 2.05) is 18.2 Å². The van der Waals surface area contributed by atoms with Crippen LogP contribution in [0.4, 0.5) is 8.78 Å². The summed E-state index contributed by atoms with van der Waals surface area (Å²) in [6.45, 7) is -0.0519. The molecule has 22 heavy (non-hydrogen) atoms. The molecule has 0 N–H and O–H groups in total. The van der Waals surface area contributed by atoms with Crippen molar-refractivity contribution in [2.45, 2.75) is 6.61 Å². The Labute approximate surface area is 125 Å². The molecule has 0 fully saturated rings. The number of ether oxygens (including phenoxy) is 1. The second kappa shape index (κ2) is 6.26. The Bertz CT molecular complexity index is 764. The molecular formula is C16H11F2N3O. The molecule has 4 nitrogen and oxygen atoms in total. The summed E-state index contributed by atoms with van der Waals surface area (Å²) in [6, 6.07) is 12.1. The van der Waals surface area contributed by atoms with Gasteiger partial charge in [0.1, 0.15) is 23.9 Å². The van der Waals surface area contributed by atoms with Crippen LogP contribution >= 0.6 is 0 Å². The van der Waals surface area contributed by atoms with Crippen molar-refractivity contribution in [3.63, 3.8) is 0 Å². The largest absolute Gasteiger partial charge is 0.472 e. The number of nitrogens with zero attached hydrogens (tertiary/aromatic N) is 3. The van der Waals surface area contributed by atoms with E-state index in [1.54, 1.807) is 18.3 Å². The first kappa shape index (κ1) is 14.1. The second-order valence-electron chi connectivity index (χ2n) is 4.50. The van der Waals surface area contributed by atoms with Gasteiger partial charge in [-0.2, -0.15) is 0 Å². The molecule has 2 heterocycles. The smallest absolute Gasteiger partial charge is 0.233 e. The van der Waals surface area contributed by atoms with Gasteiger partial charge in [-0.05, 0) is 30.3 Å². The van der Waals surface area contributed by atoms with Crippen molar-refractivity contribution in [3.8, 4) is 17.3 Å². The van der Waals surface area contributed by atoms with Crippen LogP contribution in [-0.4, -0.2) is 15.2 Å². The van der Waals surface area contributed by atoms with Crippen LogP contribution in [-0.2, 0) is 6.61 Å². The Kier molecular flexibility index (Phi) is 4.00. The molecule has 0 aliphatic carbocycles. The minimum Gasteiger partial charge on any atom is -0.472 e. The van der Waals surface area contributed by atoms with E-state index < -0.39 is 11.6 Å². The molecule has 0 saturated carbocycles. The zero-order valence-corrected chi connectivity index (χ0v) is 11.4. The summed E-state index contributed by atoms with van der Waals surface area (Å²) < 4.78 is 31.6. The summed E-state index contributed by atoms with van der Waals surface area (Å²) in [4.78, 5) is 4.16. The standard InChI is InChI=1S/C16H11F2N3O/c17-12-5-4-11(13(18)9-12)10-22-16-7-6-15(20-21-16)14-3-1-2-8-19-14/h1-9H,10H2. The van der Waals surface area contributed by atoms with Gasteiger partial charge in [-0.15, -0.1) is 10.2 Å².